The first kappa shape index (κ1) is 16.1. The van der Waals surface area contributed by atoms with E-state index in [0.717, 1.165) is 0 Å². The molecule has 0 spiro atoms. The third-order valence-electron chi connectivity index (χ3n) is 2.66. The summed E-state index contributed by atoms with van der Waals surface area (Å²) in [5.74, 6) is 0.0464. The van der Waals surface area contributed by atoms with Gasteiger partial charge in [0.25, 0.3) is 0 Å². The minimum Gasteiger partial charge on any atom is -0.434 e. The van der Waals surface area contributed by atoms with Gasteiger partial charge in [-0.15, -0.1) is 0 Å². The van der Waals surface area contributed by atoms with Gasteiger partial charge in [0, 0.05) is 17.1 Å². The smallest absolute Gasteiger partial charge is 0.387 e. The summed E-state index contributed by atoms with van der Waals surface area (Å²) in [5, 5.41) is 4.27. The van der Waals surface area contributed by atoms with Crippen LogP contribution in [0.15, 0.2) is 36.4 Å². The second-order valence-corrected chi connectivity index (χ2v) is 5.33. The predicted octanol–water partition coefficient (Wildman–Crippen LogP) is 5.86. The van der Waals surface area contributed by atoms with Crippen LogP contribution in [0.3, 0.4) is 0 Å². The number of nitrogens with one attached hydrogen (secondary N) is 1. The summed E-state index contributed by atoms with van der Waals surface area (Å²) in [6, 6.07) is 9.46. The molecule has 0 unspecified atom stereocenters. The highest BCUT2D eigenvalue weighted by Gasteiger charge is 2.11. The van der Waals surface area contributed by atoms with Crippen LogP contribution in [-0.4, -0.2) is 6.61 Å². The summed E-state index contributed by atoms with van der Waals surface area (Å²) >= 11 is 17.9. The Hall–Kier alpha value is -1.23. The van der Waals surface area contributed by atoms with Crippen LogP contribution in [-0.2, 0) is 6.54 Å². The van der Waals surface area contributed by atoms with Crippen LogP contribution in [0, 0.1) is 0 Å². The quantitative estimate of drug-likeness (QED) is 0.727. The third-order valence-corrected chi connectivity index (χ3v) is 3.52. The van der Waals surface area contributed by atoms with E-state index in [4.69, 9.17) is 34.8 Å². The van der Waals surface area contributed by atoms with Gasteiger partial charge in [0.15, 0.2) is 0 Å². The fraction of sp³-hybridized carbons (Fsp3) is 0.143. The van der Waals surface area contributed by atoms with Gasteiger partial charge in [-0.3, -0.25) is 0 Å². The number of anilines is 1. The van der Waals surface area contributed by atoms with Crippen molar-refractivity contribution in [2.45, 2.75) is 13.2 Å². The Morgan fingerprint density at radius 2 is 1.71 bits per heavy atom. The minimum absolute atomic E-state index is 0.0464. The fourth-order valence-electron chi connectivity index (χ4n) is 1.75. The lowest BCUT2D eigenvalue weighted by Crippen LogP contribution is -2.07. The van der Waals surface area contributed by atoms with Crippen molar-refractivity contribution in [3.8, 4) is 5.75 Å². The van der Waals surface area contributed by atoms with Gasteiger partial charge >= 0.3 is 6.61 Å². The van der Waals surface area contributed by atoms with E-state index < -0.39 is 6.61 Å². The van der Waals surface area contributed by atoms with E-state index in [1.807, 2.05) is 0 Å². The van der Waals surface area contributed by atoms with Gasteiger partial charge in [-0.2, -0.15) is 8.78 Å². The highest BCUT2D eigenvalue weighted by molar-refractivity contribution is 6.39. The molecular formula is C14H10Cl3F2NO. The Bertz CT molecular complexity index is 617. The average molecular weight is 353 g/mol. The number of benzene rings is 2. The normalized spacial score (nSPS) is 10.8. The summed E-state index contributed by atoms with van der Waals surface area (Å²) in [6.07, 6.45) is 0. The summed E-state index contributed by atoms with van der Waals surface area (Å²) in [4.78, 5) is 0. The Morgan fingerprint density at radius 1 is 1.05 bits per heavy atom. The van der Waals surface area contributed by atoms with Gasteiger partial charge in [-0.25, -0.2) is 0 Å². The van der Waals surface area contributed by atoms with E-state index in [-0.39, 0.29) is 12.3 Å². The van der Waals surface area contributed by atoms with Crippen molar-refractivity contribution in [2.24, 2.45) is 0 Å². The molecular weight excluding hydrogens is 343 g/mol. The van der Waals surface area contributed by atoms with Gasteiger partial charge in [-0.1, -0.05) is 40.9 Å². The maximum Gasteiger partial charge on any atom is 0.387 e. The van der Waals surface area contributed by atoms with Gasteiger partial charge < -0.3 is 10.1 Å². The Morgan fingerprint density at radius 3 is 2.33 bits per heavy atom. The zero-order valence-electron chi connectivity index (χ0n) is 10.5. The SMILES string of the molecule is FC(F)Oc1ccc(Cl)cc1CNc1c(Cl)cccc1Cl. The van der Waals surface area contributed by atoms with E-state index in [2.05, 4.69) is 10.1 Å². The molecule has 0 aliphatic rings. The monoisotopic (exact) mass is 351 g/mol. The Kier molecular flexibility index (Phi) is 5.51. The van der Waals surface area contributed by atoms with E-state index >= 15 is 0 Å². The summed E-state index contributed by atoms with van der Waals surface area (Å²) in [5.41, 5.74) is 0.989. The molecule has 0 aromatic heterocycles. The van der Waals surface area contributed by atoms with Crippen LogP contribution < -0.4 is 10.1 Å². The number of hydrogen-bond donors (Lipinski definition) is 1. The molecule has 0 aliphatic carbocycles. The number of rotatable bonds is 5. The maximum atomic E-state index is 12.4. The molecule has 21 heavy (non-hydrogen) atoms. The summed E-state index contributed by atoms with van der Waals surface area (Å²) in [7, 11) is 0. The second-order valence-electron chi connectivity index (χ2n) is 4.08. The lowest BCUT2D eigenvalue weighted by Gasteiger charge is -2.14. The van der Waals surface area contributed by atoms with Crippen molar-refractivity contribution < 1.29 is 13.5 Å². The molecule has 0 heterocycles. The second kappa shape index (κ2) is 7.16. The maximum absolute atomic E-state index is 12.4. The lowest BCUT2D eigenvalue weighted by atomic mass is 10.2. The molecule has 0 saturated heterocycles. The molecule has 2 rings (SSSR count). The first-order valence-corrected chi connectivity index (χ1v) is 7.02. The van der Waals surface area contributed by atoms with Crippen molar-refractivity contribution in [3.63, 3.8) is 0 Å². The molecule has 0 fully saturated rings. The molecule has 0 saturated carbocycles. The van der Waals surface area contributed by atoms with E-state index in [9.17, 15) is 8.78 Å². The van der Waals surface area contributed by atoms with Gasteiger partial charge in [-0.05, 0) is 30.3 Å². The standard InChI is InChI=1S/C14H10Cl3F2NO/c15-9-4-5-12(21-14(18)19)8(6-9)7-20-13-10(16)2-1-3-11(13)17/h1-6,14,20H,7H2. The summed E-state index contributed by atoms with van der Waals surface area (Å²) < 4.78 is 29.2. The van der Waals surface area contributed by atoms with Crippen molar-refractivity contribution in [2.75, 3.05) is 5.32 Å². The minimum atomic E-state index is -2.91. The first-order chi connectivity index (χ1) is 9.97. The molecule has 0 aliphatic heterocycles. The third kappa shape index (κ3) is 4.37. The van der Waals surface area contributed by atoms with E-state index in [1.165, 1.54) is 18.2 Å². The molecule has 0 bridgehead atoms. The van der Waals surface area contributed by atoms with Crippen LogP contribution in [0.25, 0.3) is 0 Å². The van der Waals surface area contributed by atoms with Gasteiger partial charge in [0.1, 0.15) is 5.75 Å². The molecule has 0 atom stereocenters. The van der Waals surface area contributed by atoms with Crippen LogP contribution in [0.5, 0.6) is 5.75 Å². The molecule has 2 nitrogen and oxygen atoms in total. The lowest BCUT2D eigenvalue weighted by molar-refractivity contribution is -0.0504. The fourth-order valence-corrected chi connectivity index (χ4v) is 2.47. The van der Waals surface area contributed by atoms with E-state index in [1.54, 1.807) is 18.2 Å². The number of para-hydroxylation sites is 1. The molecule has 2 aromatic carbocycles. The number of hydrogen-bond acceptors (Lipinski definition) is 2. The van der Waals surface area contributed by atoms with Crippen molar-refractivity contribution in [3.05, 3.63) is 57.0 Å². The van der Waals surface area contributed by atoms with Crippen LogP contribution in [0.1, 0.15) is 5.56 Å². The summed E-state index contributed by atoms with van der Waals surface area (Å²) in [6.45, 7) is -2.72. The first-order valence-electron chi connectivity index (χ1n) is 5.88. The van der Waals surface area contributed by atoms with Crippen molar-refractivity contribution >= 4 is 40.5 Å². The van der Waals surface area contributed by atoms with Gasteiger partial charge in [0.2, 0.25) is 0 Å². The largest absolute Gasteiger partial charge is 0.434 e. The number of halogens is 5. The molecule has 2 aromatic rings. The average Bonchev–Trinajstić information content (AvgIpc) is 2.40. The molecule has 1 N–H and O–H groups in total. The van der Waals surface area contributed by atoms with Crippen LogP contribution >= 0.6 is 34.8 Å². The molecule has 0 radical (unpaired) electrons. The predicted molar refractivity (Wildman–Crippen MR) is 81.9 cm³/mol. The molecule has 0 amide bonds. The zero-order valence-corrected chi connectivity index (χ0v) is 12.8. The van der Waals surface area contributed by atoms with Crippen molar-refractivity contribution in [1.82, 2.24) is 0 Å². The Balaban J connectivity index is 2.21. The molecule has 7 heteroatoms. The van der Waals surface area contributed by atoms with Crippen LogP contribution in [0.2, 0.25) is 15.1 Å². The van der Waals surface area contributed by atoms with Crippen molar-refractivity contribution in [1.29, 1.82) is 0 Å². The highest BCUT2D eigenvalue weighted by atomic mass is 35.5. The Labute approximate surface area is 135 Å². The topological polar surface area (TPSA) is 21.3 Å². The number of alkyl halides is 2. The number of ether oxygens (including phenoxy) is 1. The highest BCUT2D eigenvalue weighted by Crippen LogP contribution is 2.31. The zero-order chi connectivity index (χ0) is 15.4. The van der Waals surface area contributed by atoms with Gasteiger partial charge in [0.05, 0.1) is 15.7 Å². The molecule has 112 valence electrons. The van der Waals surface area contributed by atoms with Crippen LogP contribution in [0.4, 0.5) is 14.5 Å². The van der Waals surface area contributed by atoms with E-state index in [0.29, 0.717) is 26.3 Å².